The second-order valence-electron chi connectivity index (χ2n) is 4.94. The third-order valence-corrected chi connectivity index (χ3v) is 3.51. The van der Waals surface area contributed by atoms with Gasteiger partial charge in [0.25, 0.3) is 0 Å². The number of nitrogens with one attached hydrogen (secondary N) is 1. The van der Waals surface area contributed by atoms with Crippen molar-refractivity contribution in [3.63, 3.8) is 0 Å². The van der Waals surface area contributed by atoms with Crippen LogP contribution in [-0.4, -0.2) is 29.2 Å². The zero-order valence-electron chi connectivity index (χ0n) is 12.3. The Morgan fingerprint density at radius 3 is 2.82 bits per heavy atom. The molecule has 0 spiro atoms. The number of ether oxygens (including phenoxy) is 1. The number of amides is 1. The number of carbonyl (C=O) groups excluding carboxylic acids is 1. The van der Waals surface area contributed by atoms with E-state index < -0.39 is 0 Å². The van der Waals surface area contributed by atoms with E-state index in [-0.39, 0.29) is 6.03 Å². The van der Waals surface area contributed by atoms with Crippen LogP contribution in [0.5, 0.6) is 5.75 Å². The molecular formula is C17H17N3O2. The number of hydrogen-bond donors (Lipinski definition) is 1. The summed E-state index contributed by atoms with van der Waals surface area (Å²) in [6, 6.07) is 15.3. The maximum Gasteiger partial charge on any atom is 0.327 e. The Morgan fingerprint density at radius 2 is 2.05 bits per heavy atom. The summed E-state index contributed by atoms with van der Waals surface area (Å²) >= 11 is 0. The van der Waals surface area contributed by atoms with E-state index in [2.05, 4.69) is 10.3 Å². The molecule has 1 amide bonds. The number of aromatic nitrogens is 2. The summed E-state index contributed by atoms with van der Waals surface area (Å²) in [5.41, 5.74) is 2.69. The lowest BCUT2D eigenvalue weighted by Crippen LogP contribution is -2.29. The Bertz CT molecular complexity index is 781. The molecule has 0 saturated heterocycles. The van der Waals surface area contributed by atoms with Crippen molar-refractivity contribution in [3.8, 4) is 5.75 Å². The molecule has 0 bridgehead atoms. The highest BCUT2D eigenvalue weighted by Crippen LogP contribution is 2.19. The Balaban J connectivity index is 1.67. The van der Waals surface area contributed by atoms with Crippen molar-refractivity contribution >= 4 is 17.1 Å². The third kappa shape index (κ3) is 2.93. The first-order valence-corrected chi connectivity index (χ1v) is 7.11. The van der Waals surface area contributed by atoms with E-state index in [1.165, 1.54) is 16.5 Å². The second kappa shape index (κ2) is 6.30. The molecule has 112 valence electrons. The second-order valence-corrected chi connectivity index (χ2v) is 4.94. The van der Waals surface area contributed by atoms with Gasteiger partial charge in [-0.1, -0.05) is 30.3 Å². The zero-order chi connectivity index (χ0) is 15.4. The van der Waals surface area contributed by atoms with Gasteiger partial charge in [0.05, 0.1) is 18.1 Å². The van der Waals surface area contributed by atoms with Crippen LogP contribution in [-0.2, 0) is 6.42 Å². The number of rotatable bonds is 4. The minimum atomic E-state index is -0.177. The third-order valence-electron chi connectivity index (χ3n) is 3.51. The van der Waals surface area contributed by atoms with E-state index >= 15 is 0 Å². The highest BCUT2D eigenvalue weighted by atomic mass is 16.5. The molecule has 0 aliphatic carbocycles. The molecule has 5 nitrogen and oxygen atoms in total. The molecule has 22 heavy (non-hydrogen) atoms. The van der Waals surface area contributed by atoms with Gasteiger partial charge in [-0.2, -0.15) is 0 Å². The van der Waals surface area contributed by atoms with Gasteiger partial charge in [-0.15, -0.1) is 0 Å². The predicted octanol–water partition coefficient (Wildman–Crippen LogP) is 2.85. The van der Waals surface area contributed by atoms with Gasteiger partial charge >= 0.3 is 6.03 Å². The van der Waals surface area contributed by atoms with Gasteiger partial charge in [0.15, 0.2) is 0 Å². The first kappa shape index (κ1) is 14.1. The summed E-state index contributed by atoms with van der Waals surface area (Å²) in [6.07, 6.45) is 2.33. The average Bonchev–Trinajstić information content (AvgIpc) is 2.98. The fraction of sp³-hybridized carbons (Fsp3) is 0.176. The first-order chi connectivity index (χ1) is 10.8. The van der Waals surface area contributed by atoms with E-state index in [1.807, 2.05) is 48.5 Å². The molecule has 0 unspecified atom stereocenters. The maximum absolute atomic E-state index is 12.2. The molecular weight excluding hydrogens is 278 g/mol. The summed E-state index contributed by atoms with van der Waals surface area (Å²) in [4.78, 5) is 16.5. The molecule has 0 saturated carbocycles. The molecule has 1 heterocycles. The number of methoxy groups -OCH3 is 1. The van der Waals surface area contributed by atoms with Gasteiger partial charge < -0.3 is 10.1 Å². The van der Waals surface area contributed by atoms with Crippen LogP contribution in [0.15, 0.2) is 54.9 Å². The zero-order valence-corrected chi connectivity index (χ0v) is 12.3. The van der Waals surface area contributed by atoms with Crippen LogP contribution in [0, 0.1) is 0 Å². The summed E-state index contributed by atoms with van der Waals surface area (Å²) in [7, 11) is 1.61. The SMILES string of the molecule is COc1ccc2c(c1)ncn2C(=O)NCCc1ccccc1. The number of carbonyl (C=O) groups is 1. The van der Waals surface area contributed by atoms with E-state index in [4.69, 9.17) is 4.74 Å². The molecule has 2 aromatic carbocycles. The van der Waals surface area contributed by atoms with Gasteiger partial charge in [0.2, 0.25) is 0 Å². The molecule has 3 rings (SSSR count). The first-order valence-electron chi connectivity index (χ1n) is 7.11. The van der Waals surface area contributed by atoms with Gasteiger partial charge in [-0.3, -0.25) is 4.57 Å². The van der Waals surface area contributed by atoms with Crippen molar-refractivity contribution in [2.75, 3.05) is 13.7 Å². The number of imidazole rings is 1. The van der Waals surface area contributed by atoms with Crippen LogP contribution in [0.4, 0.5) is 4.79 Å². The lowest BCUT2D eigenvalue weighted by Gasteiger charge is -2.07. The highest BCUT2D eigenvalue weighted by molar-refractivity contribution is 5.89. The van der Waals surface area contributed by atoms with E-state index in [0.29, 0.717) is 6.54 Å². The largest absolute Gasteiger partial charge is 0.497 e. The van der Waals surface area contributed by atoms with Crippen LogP contribution < -0.4 is 10.1 Å². The molecule has 5 heteroatoms. The molecule has 0 atom stereocenters. The molecule has 3 aromatic rings. The summed E-state index contributed by atoms with van der Waals surface area (Å²) in [5, 5.41) is 2.91. The lowest BCUT2D eigenvalue weighted by atomic mass is 10.1. The fourth-order valence-corrected chi connectivity index (χ4v) is 2.32. The van der Waals surface area contributed by atoms with Gasteiger partial charge in [-0.25, -0.2) is 9.78 Å². The standard InChI is InChI=1S/C17H17N3O2/c1-22-14-7-8-16-15(11-14)19-12-20(16)17(21)18-10-9-13-5-3-2-4-6-13/h2-8,11-12H,9-10H2,1H3,(H,18,21). The monoisotopic (exact) mass is 295 g/mol. The molecule has 1 aromatic heterocycles. The summed E-state index contributed by atoms with van der Waals surface area (Å²) in [6.45, 7) is 0.582. The topological polar surface area (TPSA) is 56.2 Å². The molecule has 0 aliphatic heterocycles. The molecule has 0 fully saturated rings. The Hall–Kier alpha value is -2.82. The minimum absolute atomic E-state index is 0.177. The van der Waals surface area contributed by atoms with Crippen LogP contribution in [0.25, 0.3) is 11.0 Å². The van der Waals surface area contributed by atoms with Gasteiger partial charge in [0.1, 0.15) is 12.1 Å². The van der Waals surface area contributed by atoms with Crippen LogP contribution in [0.2, 0.25) is 0 Å². The Kier molecular flexibility index (Phi) is 4.05. The van der Waals surface area contributed by atoms with Crippen LogP contribution in [0.3, 0.4) is 0 Å². The number of benzene rings is 2. The quantitative estimate of drug-likeness (QED) is 0.805. The molecule has 1 N–H and O–H groups in total. The van der Waals surface area contributed by atoms with E-state index in [1.54, 1.807) is 7.11 Å². The summed E-state index contributed by atoms with van der Waals surface area (Å²) in [5.74, 6) is 0.724. The smallest absolute Gasteiger partial charge is 0.327 e. The average molecular weight is 295 g/mol. The minimum Gasteiger partial charge on any atom is -0.497 e. The van der Waals surface area contributed by atoms with Crippen molar-refractivity contribution in [2.24, 2.45) is 0 Å². The number of hydrogen-bond acceptors (Lipinski definition) is 3. The van der Waals surface area contributed by atoms with E-state index in [9.17, 15) is 4.79 Å². The van der Waals surface area contributed by atoms with Crippen molar-refractivity contribution < 1.29 is 9.53 Å². The molecule has 0 aliphatic rings. The molecule has 0 radical (unpaired) electrons. The summed E-state index contributed by atoms with van der Waals surface area (Å²) < 4.78 is 6.67. The Labute approximate surface area is 128 Å². The number of fused-ring (bicyclic) bond motifs is 1. The van der Waals surface area contributed by atoms with Crippen molar-refractivity contribution in [1.82, 2.24) is 14.9 Å². The van der Waals surface area contributed by atoms with Gasteiger partial charge in [-0.05, 0) is 24.1 Å². The highest BCUT2D eigenvalue weighted by Gasteiger charge is 2.10. The fourth-order valence-electron chi connectivity index (χ4n) is 2.32. The number of nitrogens with zero attached hydrogens (tertiary/aromatic N) is 2. The Morgan fingerprint density at radius 1 is 1.23 bits per heavy atom. The van der Waals surface area contributed by atoms with Crippen molar-refractivity contribution in [2.45, 2.75) is 6.42 Å². The lowest BCUT2D eigenvalue weighted by molar-refractivity contribution is 0.243. The van der Waals surface area contributed by atoms with E-state index in [0.717, 1.165) is 23.2 Å². The van der Waals surface area contributed by atoms with Crippen LogP contribution >= 0.6 is 0 Å². The van der Waals surface area contributed by atoms with Crippen LogP contribution in [0.1, 0.15) is 5.56 Å². The predicted molar refractivity (Wildman–Crippen MR) is 85.2 cm³/mol. The maximum atomic E-state index is 12.2. The van der Waals surface area contributed by atoms with Gasteiger partial charge in [0, 0.05) is 12.6 Å². The normalized spacial score (nSPS) is 10.6. The van der Waals surface area contributed by atoms with Crippen molar-refractivity contribution in [1.29, 1.82) is 0 Å². The van der Waals surface area contributed by atoms with Crippen molar-refractivity contribution in [3.05, 3.63) is 60.4 Å².